The van der Waals surface area contributed by atoms with E-state index in [9.17, 15) is 4.79 Å². The summed E-state index contributed by atoms with van der Waals surface area (Å²) in [6.07, 6.45) is 1.33. The Balaban J connectivity index is 2.01. The van der Waals surface area contributed by atoms with Gasteiger partial charge in [-0.25, -0.2) is 0 Å². The second-order valence-electron chi connectivity index (χ2n) is 5.15. The summed E-state index contributed by atoms with van der Waals surface area (Å²) in [5.41, 5.74) is 7.52. The number of carbonyl (C=O) groups excluding carboxylic acids is 1. The highest BCUT2D eigenvalue weighted by atomic mass is 16.5. The van der Waals surface area contributed by atoms with Crippen molar-refractivity contribution in [1.29, 1.82) is 0 Å². The van der Waals surface area contributed by atoms with Gasteiger partial charge in [0.25, 0.3) is 0 Å². The van der Waals surface area contributed by atoms with E-state index in [2.05, 4.69) is 0 Å². The minimum atomic E-state index is -0.227. The van der Waals surface area contributed by atoms with Gasteiger partial charge in [-0.3, -0.25) is 4.79 Å². The molecule has 4 heteroatoms. The van der Waals surface area contributed by atoms with Crippen molar-refractivity contribution in [3.05, 3.63) is 54.1 Å². The molecule has 0 saturated heterocycles. The number of ether oxygens (including phenoxy) is 2. The van der Waals surface area contributed by atoms with Crippen LogP contribution in [0.25, 0.3) is 0 Å². The molecule has 0 aliphatic rings. The fourth-order valence-electron chi connectivity index (χ4n) is 2.24. The lowest BCUT2D eigenvalue weighted by Gasteiger charge is -2.14. The van der Waals surface area contributed by atoms with Gasteiger partial charge in [-0.15, -0.1) is 0 Å². The molecule has 0 bridgehead atoms. The predicted octanol–water partition coefficient (Wildman–Crippen LogP) is 3.45. The number of hydrogen-bond donors (Lipinski definition) is 1. The molecular weight excluding hydrogens is 278 g/mol. The number of nitrogen functional groups attached to an aromatic ring is 1. The molecule has 0 saturated carbocycles. The highest BCUT2D eigenvalue weighted by Crippen LogP contribution is 2.21. The summed E-state index contributed by atoms with van der Waals surface area (Å²) < 4.78 is 10.5. The normalized spacial score (nSPS) is 11.7. The molecule has 2 aromatic carbocycles. The summed E-state index contributed by atoms with van der Waals surface area (Å²) in [5, 5.41) is 0. The van der Waals surface area contributed by atoms with Crippen molar-refractivity contribution in [3.63, 3.8) is 0 Å². The molecule has 0 radical (unpaired) electrons. The molecule has 22 heavy (non-hydrogen) atoms. The van der Waals surface area contributed by atoms with Crippen LogP contribution in [0.15, 0.2) is 48.5 Å². The number of esters is 1. The number of nitrogens with two attached hydrogens (primary N) is 1. The molecule has 2 aromatic rings. The quantitative estimate of drug-likeness (QED) is 0.504. The fourth-order valence-corrected chi connectivity index (χ4v) is 2.24. The smallest absolute Gasteiger partial charge is 0.314 e. The van der Waals surface area contributed by atoms with E-state index in [1.165, 1.54) is 0 Å². The standard InChI is InChI=1S/C18H21NO3/c1-3-14(11-13-5-4-6-15(19)12-13)18(20)22-17-9-7-16(21-2)8-10-17/h4-10,12,14H,3,11,19H2,1-2H3. The van der Waals surface area contributed by atoms with Gasteiger partial charge >= 0.3 is 5.97 Å². The average Bonchev–Trinajstić information content (AvgIpc) is 2.53. The molecule has 0 spiro atoms. The summed E-state index contributed by atoms with van der Waals surface area (Å²) in [6, 6.07) is 14.6. The van der Waals surface area contributed by atoms with Crippen molar-refractivity contribution in [2.75, 3.05) is 12.8 Å². The third kappa shape index (κ3) is 4.25. The first kappa shape index (κ1) is 15.9. The molecule has 1 atom stereocenters. The molecule has 0 aliphatic heterocycles. The molecule has 116 valence electrons. The van der Waals surface area contributed by atoms with Crippen molar-refractivity contribution in [2.45, 2.75) is 19.8 Å². The zero-order chi connectivity index (χ0) is 15.9. The van der Waals surface area contributed by atoms with Gasteiger partial charge in [0.05, 0.1) is 13.0 Å². The maximum atomic E-state index is 12.3. The first-order valence-electron chi connectivity index (χ1n) is 7.32. The lowest BCUT2D eigenvalue weighted by atomic mass is 9.97. The Morgan fingerprint density at radius 3 is 2.41 bits per heavy atom. The molecular formula is C18H21NO3. The summed E-state index contributed by atoms with van der Waals surface area (Å²) in [6.45, 7) is 1.98. The molecule has 4 nitrogen and oxygen atoms in total. The van der Waals surface area contributed by atoms with Crippen molar-refractivity contribution in [3.8, 4) is 11.5 Å². The molecule has 1 unspecified atom stereocenters. The third-order valence-corrected chi connectivity index (χ3v) is 3.54. The molecule has 0 aliphatic carbocycles. The summed E-state index contributed by atoms with van der Waals surface area (Å²) in [5.74, 6) is 0.836. The van der Waals surface area contributed by atoms with Crippen molar-refractivity contribution in [1.82, 2.24) is 0 Å². The molecule has 0 amide bonds. The zero-order valence-corrected chi connectivity index (χ0v) is 12.9. The largest absolute Gasteiger partial charge is 0.497 e. The van der Waals surface area contributed by atoms with E-state index >= 15 is 0 Å². The number of methoxy groups -OCH3 is 1. The molecule has 2 rings (SSSR count). The SMILES string of the molecule is CCC(Cc1cccc(N)c1)C(=O)Oc1ccc(OC)cc1. The van der Waals surface area contributed by atoms with Gasteiger partial charge < -0.3 is 15.2 Å². The van der Waals surface area contributed by atoms with E-state index in [4.69, 9.17) is 15.2 Å². The number of carbonyl (C=O) groups is 1. The number of anilines is 1. The van der Waals surface area contributed by atoms with Crippen LogP contribution < -0.4 is 15.2 Å². The maximum Gasteiger partial charge on any atom is 0.314 e. The molecule has 0 aromatic heterocycles. The lowest BCUT2D eigenvalue weighted by molar-refractivity contribution is -0.139. The summed E-state index contributed by atoms with van der Waals surface area (Å²) >= 11 is 0. The highest BCUT2D eigenvalue weighted by Gasteiger charge is 2.19. The van der Waals surface area contributed by atoms with Crippen LogP contribution in [-0.4, -0.2) is 13.1 Å². The Morgan fingerprint density at radius 1 is 1.14 bits per heavy atom. The number of benzene rings is 2. The van der Waals surface area contributed by atoms with Gasteiger partial charge in [-0.2, -0.15) is 0 Å². The monoisotopic (exact) mass is 299 g/mol. The topological polar surface area (TPSA) is 61.6 Å². The second kappa shape index (κ2) is 7.50. The highest BCUT2D eigenvalue weighted by molar-refractivity contribution is 5.75. The van der Waals surface area contributed by atoms with E-state index in [0.717, 1.165) is 11.3 Å². The van der Waals surface area contributed by atoms with Gasteiger partial charge in [0.2, 0.25) is 0 Å². The van der Waals surface area contributed by atoms with Crippen LogP contribution >= 0.6 is 0 Å². The van der Waals surface area contributed by atoms with Crippen LogP contribution in [0.4, 0.5) is 5.69 Å². The average molecular weight is 299 g/mol. The maximum absolute atomic E-state index is 12.3. The van der Waals surface area contributed by atoms with Gasteiger partial charge in [0.1, 0.15) is 11.5 Å². The Labute approximate surface area is 130 Å². The van der Waals surface area contributed by atoms with Gasteiger partial charge in [-0.1, -0.05) is 19.1 Å². The predicted molar refractivity (Wildman–Crippen MR) is 87.0 cm³/mol. The Kier molecular flexibility index (Phi) is 5.42. The van der Waals surface area contributed by atoms with Crippen LogP contribution in [0.5, 0.6) is 11.5 Å². The van der Waals surface area contributed by atoms with Gasteiger partial charge in [0.15, 0.2) is 0 Å². The Morgan fingerprint density at radius 2 is 1.82 bits per heavy atom. The van der Waals surface area contributed by atoms with E-state index in [1.807, 2.05) is 31.2 Å². The first-order chi connectivity index (χ1) is 10.6. The summed E-state index contributed by atoms with van der Waals surface area (Å²) in [7, 11) is 1.60. The van der Waals surface area contributed by atoms with E-state index in [0.29, 0.717) is 24.3 Å². The van der Waals surface area contributed by atoms with Crippen molar-refractivity contribution in [2.24, 2.45) is 5.92 Å². The lowest BCUT2D eigenvalue weighted by Crippen LogP contribution is -2.22. The minimum Gasteiger partial charge on any atom is -0.497 e. The van der Waals surface area contributed by atoms with Crippen LogP contribution in [0.1, 0.15) is 18.9 Å². The second-order valence-corrected chi connectivity index (χ2v) is 5.15. The first-order valence-corrected chi connectivity index (χ1v) is 7.32. The van der Waals surface area contributed by atoms with Crippen molar-refractivity contribution < 1.29 is 14.3 Å². The Hall–Kier alpha value is -2.49. The zero-order valence-electron chi connectivity index (χ0n) is 12.9. The van der Waals surface area contributed by atoms with E-state index in [-0.39, 0.29) is 11.9 Å². The van der Waals surface area contributed by atoms with Crippen LogP contribution in [0, 0.1) is 5.92 Å². The molecule has 0 heterocycles. The molecule has 2 N–H and O–H groups in total. The van der Waals surface area contributed by atoms with Crippen molar-refractivity contribution >= 4 is 11.7 Å². The summed E-state index contributed by atoms with van der Waals surface area (Å²) in [4.78, 5) is 12.3. The number of rotatable bonds is 6. The van der Waals surface area contributed by atoms with E-state index in [1.54, 1.807) is 31.4 Å². The van der Waals surface area contributed by atoms with E-state index < -0.39 is 0 Å². The van der Waals surface area contributed by atoms with Crippen LogP contribution in [0.2, 0.25) is 0 Å². The number of hydrogen-bond acceptors (Lipinski definition) is 4. The molecule has 0 fully saturated rings. The van der Waals surface area contributed by atoms with Crippen LogP contribution in [-0.2, 0) is 11.2 Å². The third-order valence-electron chi connectivity index (χ3n) is 3.54. The fraction of sp³-hybridized carbons (Fsp3) is 0.278. The van der Waals surface area contributed by atoms with Gasteiger partial charge in [0, 0.05) is 5.69 Å². The van der Waals surface area contributed by atoms with Crippen LogP contribution in [0.3, 0.4) is 0 Å². The Bertz CT molecular complexity index is 622. The minimum absolute atomic E-state index is 0.191. The van der Waals surface area contributed by atoms with Gasteiger partial charge in [-0.05, 0) is 54.8 Å².